The van der Waals surface area contributed by atoms with Gasteiger partial charge in [-0.1, -0.05) is 42.8 Å². The number of hydrogen-bond donors (Lipinski definition) is 1. The standard InChI is InChI=1S/C17H19ClFNO/c1-2-10-21-17-9-4-3-6-12(17)16(20)11-13-14(18)7-5-8-15(13)19/h3-9,16H,2,10-11,20H2,1H3. The van der Waals surface area contributed by atoms with Crippen molar-refractivity contribution >= 4 is 11.6 Å². The highest BCUT2D eigenvalue weighted by molar-refractivity contribution is 6.31. The average molecular weight is 308 g/mol. The van der Waals surface area contributed by atoms with E-state index in [0.717, 1.165) is 17.7 Å². The highest BCUT2D eigenvalue weighted by Crippen LogP contribution is 2.29. The minimum Gasteiger partial charge on any atom is -0.493 e. The van der Waals surface area contributed by atoms with Gasteiger partial charge in [0.1, 0.15) is 11.6 Å². The first kappa shape index (κ1) is 15.8. The molecule has 21 heavy (non-hydrogen) atoms. The van der Waals surface area contributed by atoms with Gasteiger partial charge in [-0.25, -0.2) is 4.39 Å². The molecule has 0 spiro atoms. The predicted octanol–water partition coefficient (Wildman–Crippen LogP) is 4.51. The van der Waals surface area contributed by atoms with Gasteiger partial charge in [0, 0.05) is 22.2 Å². The normalized spacial score (nSPS) is 12.2. The minimum absolute atomic E-state index is 0.329. The molecule has 0 saturated carbocycles. The number of para-hydroxylation sites is 1. The van der Waals surface area contributed by atoms with Gasteiger partial charge >= 0.3 is 0 Å². The lowest BCUT2D eigenvalue weighted by atomic mass is 9.98. The van der Waals surface area contributed by atoms with E-state index >= 15 is 0 Å². The molecule has 0 aliphatic rings. The van der Waals surface area contributed by atoms with E-state index in [1.54, 1.807) is 12.1 Å². The molecule has 1 unspecified atom stereocenters. The van der Waals surface area contributed by atoms with Crippen molar-refractivity contribution in [3.05, 3.63) is 64.4 Å². The maximum absolute atomic E-state index is 13.9. The summed E-state index contributed by atoms with van der Waals surface area (Å²) in [6.45, 7) is 2.67. The summed E-state index contributed by atoms with van der Waals surface area (Å²) in [5.74, 6) is 0.421. The van der Waals surface area contributed by atoms with Crippen molar-refractivity contribution in [2.45, 2.75) is 25.8 Å². The van der Waals surface area contributed by atoms with E-state index in [1.165, 1.54) is 6.07 Å². The van der Waals surface area contributed by atoms with E-state index in [1.807, 2.05) is 31.2 Å². The number of benzene rings is 2. The lowest BCUT2D eigenvalue weighted by Gasteiger charge is -2.17. The van der Waals surface area contributed by atoms with E-state index < -0.39 is 0 Å². The van der Waals surface area contributed by atoms with Crippen LogP contribution in [0.2, 0.25) is 5.02 Å². The van der Waals surface area contributed by atoms with Gasteiger partial charge in [-0.05, 0) is 31.0 Å². The zero-order chi connectivity index (χ0) is 15.2. The second kappa shape index (κ2) is 7.43. The van der Waals surface area contributed by atoms with Crippen LogP contribution < -0.4 is 10.5 Å². The largest absolute Gasteiger partial charge is 0.493 e. The Bertz CT molecular complexity index is 583. The molecule has 0 aromatic heterocycles. The third kappa shape index (κ3) is 3.96. The highest BCUT2D eigenvalue weighted by Gasteiger charge is 2.16. The molecule has 2 aromatic rings. The SMILES string of the molecule is CCCOc1ccccc1C(N)Cc1c(F)cccc1Cl. The van der Waals surface area contributed by atoms with E-state index in [9.17, 15) is 4.39 Å². The van der Waals surface area contributed by atoms with Crippen molar-refractivity contribution in [2.24, 2.45) is 5.73 Å². The van der Waals surface area contributed by atoms with Crippen LogP contribution >= 0.6 is 11.6 Å². The number of rotatable bonds is 6. The van der Waals surface area contributed by atoms with Crippen LogP contribution in [-0.2, 0) is 6.42 Å². The van der Waals surface area contributed by atoms with Crippen molar-refractivity contribution in [2.75, 3.05) is 6.61 Å². The van der Waals surface area contributed by atoms with Crippen LogP contribution in [0, 0.1) is 5.82 Å². The molecule has 2 N–H and O–H groups in total. The lowest BCUT2D eigenvalue weighted by Crippen LogP contribution is -2.16. The van der Waals surface area contributed by atoms with Crippen LogP contribution in [-0.4, -0.2) is 6.61 Å². The van der Waals surface area contributed by atoms with Crippen molar-refractivity contribution in [3.63, 3.8) is 0 Å². The van der Waals surface area contributed by atoms with Gasteiger partial charge in [0.05, 0.1) is 6.61 Å². The summed E-state index contributed by atoms with van der Waals surface area (Å²) in [5.41, 5.74) is 7.54. The van der Waals surface area contributed by atoms with E-state index in [-0.39, 0.29) is 11.9 Å². The molecule has 0 saturated heterocycles. The molecule has 0 heterocycles. The second-order valence-corrected chi connectivity index (χ2v) is 5.30. The molecule has 0 bridgehead atoms. The molecule has 2 aromatic carbocycles. The Kier molecular flexibility index (Phi) is 5.59. The molecular weight excluding hydrogens is 289 g/mol. The summed E-state index contributed by atoms with van der Waals surface area (Å²) in [6.07, 6.45) is 1.25. The summed E-state index contributed by atoms with van der Waals surface area (Å²) >= 11 is 6.06. The zero-order valence-electron chi connectivity index (χ0n) is 12.0. The summed E-state index contributed by atoms with van der Waals surface area (Å²) in [7, 11) is 0. The van der Waals surface area contributed by atoms with Crippen molar-refractivity contribution in [1.29, 1.82) is 0 Å². The zero-order valence-corrected chi connectivity index (χ0v) is 12.7. The fourth-order valence-electron chi connectivity index (χ4n) is 2.19. The van der Waals surface area contributed by atoms with Crippen LogP contribution in [0.4, 0.5) is 4.39 Å². The maximum atomic E-state index is 13.9. The van der Waals surface area contributed by atoms with Gasteiger partial charge in [0.2, 0.25) is 0 Å². The Morgan fingerprint density at radius 2 is 1.95 bits per heavy atom. The predicted molar refractivity (Wildman–Crippen MR) is 84.3 cm³/mol. The summed E-state index contributed by atoms with van der Waals surface area (Å²) < 4.78 is 19.6. The molecule has 0 amide bonds. The molecule has 2 rings (SSSR count). The molecule has 0 radical (unpaired) electrons. The summed E-state index contributed by atoms with van der Waals surface area (Å²) in [4.78, 5) is 0. The molecule has 0 aliphatic carbocycles. The lowest BCUT2D eigenvalue weighted by molar-refractivity contribution is 0.312. The Hall–Kier alpha value is -1.58. The Morgan fingerprint density at radius 1 is 1.19 bits per heavy atom. The van der Waals surface area contributed by atoms with Gasteiger partial charge in [0.25, 0.3) is 0 Å². The van der Waals surface area contributed by atoms with Crippen molar-refractivity contribution in [1.82, 2.24) is 0 Å². The molecule has 112 valence electrons. The van der Waals surface area contributed by atoms with Gasteiger partial charge in [-0.15, -0.1) is 0 Å². The van der Waals surface area contributed by atoms with Gasteiger partial charge in [0.15, 0.2) is 0 Å². The molecule has 1 atom stereocenters. The van der Waals surface area contributed by atoms with Crippen molar-refractivity contribution < 1.29 is 9.13 Å². The number of hydrogen-bond acceptors (Lipinski definition) is 2. The monoisotopic (exact) mass is 307 g/mol. The minimum atomic E-state index is -0.368. The number of nitrogens with two attached hydrogens (primary N) is 1. The number of halogens is 2. The third-order valence-electron chi connectivity index (χ3n) is 3.27. The first-order valence-electron chi connectivity index (χ1n) is 7.03. The smallest absolute Gasteiger partial charge is 0.127 e. The van der Waals surface area contributed by atoms with Crippen LogP contribution in [0.25, 0.3) is 0 Å². The van der Waals surface area contributed by atoms with Crippen LogP contribution in [0.1, 0.15) is 30.5 Å². The van der Waals surface area contributed by atoms with Crippen LogP contribution in [0.15, 0.2) is 42.5 Å². The fraction of sp³-hybridized carbons (Fsp3) is 0.294. The first-order chi connectivity index (χ1) is 10.1. The Balaban J connectivity index is 2.22. The molecule has 4 heteroatoms. The molecular formula is C17H19ClFNO. The number of ether oxygens (including phenoxy) is 1. The van der Waals surface area contributed by atoms with E-state index in [2.05, 4.69) is 0 Å². The highest BCUT2D eigenvalue weighted by atomic mass is 35.5. The van der Waals surface area contributed by atoms with Crippen LogP contribution in [0.5, 0.6) is 5.75 Å². The third-order valence-corrected chi connectivity index (χ3v) is 3.62. The average Bonchev–Trinajstić information content (AvgIpc) is 2.49. The second-order valence-electron chi connectivity index (χ2n) is 4.90. The van der Waals surface area contributed by atoms with Crippen LogP contribution in [0.3, 0.4) is 0 Å². The quantitative estimate of drug-likeness (QED) is 0.852. The maximum Gasteiger partial charge on any atom is 0.127 e. The van der Waals surface area contributed by atoms with Gasteiger partial charge < -0.3 is 10.5 Å². The molecule has 0 fully saturated rings. The molecule has 2 nitrogen and oxygen atoms in total. The molecule has 0 aliphatic heterocycles. The van der Waals surface area contributed by atoms with E-state index in [0.29, 0.717) is 23.6 Å². The van der Waals surface area contributed by atoms with Gasteiger partial charge in [-0.2, -0.15) is 0 Å². The van der Waals surface area contributed by atoms with Crippen molar-refractivity contribution in [3.8, 4) is 5.75 Å². The van der Waals surface area contributed by atoms with E-state index in [4.69, 9.17) is 22.1 Å². The van der Waals surface area contributed by atoms with Gasteiger partial charge in [-0.3, -0.25) is 0 Å². The summed E-state index contributed by atoms with van der Waals surface area (Å²) in [5, 5.41) is 0.400. The Morgan fingerprint density at radius 3 is 2.67 bits per heavy atom. The Labute approximate surface area is 129 Å². The topological polar surface area (TPSA) is 35.2 Å². The first-order valence-corrected chi connectivity index (χ1v) is 7.41. The fourth-order valence-corrected chi connectivity index (χ4v) is 2.43. The summed E-state index contributed by atoms with van der Waals surface area (Å²) in [6, 6.07) is 11.9.